The van der Waals surface area contributed by atoms with E-state index in [2.05, 4.69) is 24.5 Å². The molecule has 1 saturated heterocycles. The van der Waals surface area contributed by atoms with Crippen molar-refractivity contribution >= 4 is 39.4 Å². The summed E-state index contributed by atoms with van der Waals surface area (Å²) in [7, 11) is -2.76. The maximum absolute atomic E-state index is 12.0. The molecule has 0 unspecified atom stereocenters. The van der Waals surface area contributed by atoms with Crippen molar-refractivity contribution in [1.82, 2.24) is 19.3 Å². The number of ether oxygens (including phenoxy) is 1. The number of thiazole rings is 1. The lowest BCUT2D eigenvalue weighted by Crippen LogP contribution is -2.46. The molecule has 1 amide bonds. The third kappa shape index (κ3) is 5.67. The smallest absolute Gasteiger partial charge is 0.421 e. The summed E-state index contributed by atoms with van der Waals surface area (Å²) in [5.74, 6) is 0.831. The maximum Gasteiger partial charge on any atom is 0.421 e. The number of hydrogen-bond donors (Lipinski definition) is 3. The average Bonchev–Trinajstić information content (AvgIpc) is 3.30. The Labute approximate surface area is 206 Å². The van der Waals surface area contributed by atoms with Crippen LogP contribution >= 0.6 is 11.3 Å². The van der Waals surface area contributed by atoms with Crippen LogP contribution in [0.1, 0.15) is 23.4 Å². The van der Waals surface area contributed by atoms with Crippen LogP contribution in [0.3, 0.4) is 0 Å². The summed E-state index contributed by atoms with van der Waals surface area (Å²) in [4.78, 5) is 24.6. The highest BCUT2D eigenvalue weighted by Crippen LogP contribution is 2.39. The summed E-state index contributed by atoms with van der Waals surface area (Å²) in [5.41, 5.74) is 6.17. The van der Waals surface area contributed by atoms with Crippen LogP contribution in [0.5, 0.6) is 5.88 Å². The number of aliphatic hydroxyl groups is 1. The molecule has 3 aromatic rings. The molecule has 35 heavy (non-hydrogen) atoms. The highest BCUT2D eigenvalue weighted by Gasteiger charge is 2.41. The number of rotatable bonds is 7. The van der Waals surface area contributed by atoms with E-state index >= 15 is 0 Å². The summed E-state index contributed by atoms with van der Waals surface area (Å²) in [6, 6.07) is 7.52. The molecule has 0 radical (unpaired) electrons. The Morgan fingerprint density at radius 2 is 2.00 bits per heavy atom. The number of carbonyl (C=O) groups is 1. The second-order valence-electron chi connectivity index (χ2n) is 7.96. The second kappa shape index (κ2) is 9.73. The fourth-order valence-electron chi connectivity index (χ4n) is 3.72. The summed E-state index contributed by atoms with van der Waals surface area (Å²) < 4.78 is 34.4. The topological polar surface area (TPSA) is 170 Å². The number of nitrogens with zero attached hydrogens (tertiary/aromatic N) is 4. The van der Waals surface area contributed by atoms with E-state index in [1.807, 2.05) is 25.1 Å². The Bertz CT molecular complexity index is 1340. The number of nitrogens with one attached hydrogen (secondary N) is 1. The summed E-state index contributed by atoms with van der Waals surface area (Å²) in [5, 5.41) is 14.8. The maximum atomic E-state index is 12.0. The van der Waals surface area contributed by atoms with Crippen LogP contribution in [0.15, 0.2) is 36.7 Å². The van der Waals surface area contributed by atoms with Gasteiger partial charge in [0.05, 0.1) is 12.0 Å². The lowest BCUT2D eigenvalue weighted by molar-refractivity contribution is -0.0111. The number of primary amides is 1. The number of aryl methyl sites for hydroxylation is 1. The molecule has 0 aliphatic carbocycles. The van der Waals surface area contributed by atoms with Gasteiger partial charge in [-0.25, -0.2) is 14.8 Å². The van der Waals surface area contributed by atoms with Gasteiger partial charge < -0.3 is 25.1 Å². The molecular weight excluding hydrogens is 496 g/mol. The van der Waals surface area contributed by atoms with Crippen molar-refractivity contribution in [3.05, 3.63) is 47.2 Å². The molecule has 0 spiro atoms. The van der Waals surface area contributed by atoms with Gasteiger partial charge in [0.25, 0.3) is 0 Å². The van der Waals surface area contributed by atoms with Crippen LogP contribution in [-0.4, -0.2) is 59.1 Å². The zero-order valence-corrected chi connectivity index (χ0v) is 20.6. The molecule has 4 N–H and O–H groups in total. The van der Waals surface area contributed by atoms with Crippen LogP contribution in [0.4, 0.5) is 16.4 Å². The highest BCUT2D eigenvalue weighted by molar-refractivity contribution is 7.84. The van der Waals surface area contributed by atoms with Crippen molar-refractivity contribution in [2.75, 3.05) is 25.5 Å². The molecule has 1 fully saturated rings. The SMILES string of the molecule is COc1ccnc(Nc2cc(C)cc(-c3cnc(C4(O)CCN(S(=O)(=O)OC(N)=O)CC4)s3)c2)n1. The monoisotopic (exact) mass is 520 g/mol. The Morgan fingerprint density at radius 1 is 1.26 bits per heavy atom. The van der Waals surface area contributed by atoms with Crippen molar-refractivity contribution in [2.24, 2.45) is 5.73 Å². The van der Waals surface area contributed by atoms with E-state index in [9.17, 15) is 18.3 Å². The van der Waals surface area contributed by atoms with E-state index in [1.165, 1.54) is 18.4 Å². The van der Waals surface area contributed by atoms with Gasteiger partial charge in [-0.3, -0.25) is 0 Å². The van der Waals surface area contributed by atoms with Crippen LogP contribution < -0.4 is 15.8 Å². The van der Waals surface area contributed by atoms with Crippen molar-refractivity contribution in [1.29, 1.82) is 0 Å². The van der Waals surface area contributed by atoms with Crippen molar-refractivity contribution < 1.29 is 27.2 Å². The largest absolute Gasteiger partial charge is 0.481 e. The van der Waals surface area contributed by atoms with E-state index in [0.29, 0.717) is 16.8 Å². The first-order valence-corrected chi connectivity index (χ1v) is 12.7. The number of nitrogens with two attached hydrogens (primary N) is 1. The first-order chi connectivity index (χ1) is 16.6. The summed E-state index contributed by atoms with van der Waals surface area (Å²) >= 11 is 1.33. The zero-order valence-electron chi connectivity index (χ0n) is 19.0. The number of methoxy groups -OCH3 is 1. The minimum atomic E-state index is -4.29. The number of piperidine rings is 1. The minimum absolute atomic E-state index is 0.0416. The summed E-state index contributed by atoms with van der Waals surface area (Å²) in [6.07, 6.45) is 2.06. The van der Waals surface area contributed by atoms with Gasteiger partial charge in [0.15, 0.2) is 0 Å². The number of benzene rings is 1. The molecule has 1 aliphatic heterocycles. The molecule has 1 aliphatic rings. The lowest BCUT2D eigenvalue weighted by Gasteiger charge is -2.35. The molecule has 0 saturated carbocycles. The van der Waals surface area contributed by atoms with Crippen LogP contribution in [0.2, 0.25) is 0 Å². The average molecular weight is 521 g/mol. The number of hydrogen-bond acceptors (Lipinski definition) is 11. The van der Waals surface area contributed by atoms with Gasteiger partial charge in [-0.1, -0.05) is 6.07 Å². The quantitative estimate of drug-likeness (QED) is 0.420. The third-order valence-corrected chi connectivity index (χ3v) is 8.03. The van der Waals surface area contributed by atoms with Gasteiger partial charge in [-0.15, -0.1) is 11.3 Å². The highest BCUT2D eigenvalue weighted by atomic mass is 32.2. The normalized spacial score (nSPS) is 16.0. The van der Waals surface area contributed by atoms with E-state index < -0.39 is 22.0 Å². The first kappa shape index (κ1) is 24.8. The zero-order chi connectivity index (χ0) is 25.2. The molecule has 2 aromatic heterocycles. The predicted octanol–water partition coefficient (Wildman–Crippen LogP) is 2.28. The number of carbonyl (C=O) groups excluding carboxylic acids is 1. The fraction of sp³-hybridized carbons (Fsp3) is 0.333. The third-order valence-electron chi connectivity index (χ3n) is 5.41. The molecule has 1 aromatic carbocycles. The van der Waals surface area contributed by atoms with E-state index in [-0.39, 0.29) is 25.9 Å². The Hall–Kier alpha value is -3.33. The minimum Gasteiger partial charge on any atom is -0.481 e. The molecule has 14 heteroatoms. The number of aromatic nitrogens is 3. The molecule has 0 bridgehead atoms. The van der Waals surface area contributed by atoms with Crippen molar-refractivity contribution in [3.8, 4) is 16.3 Å². The van der Waals surface area contributed by atoms with Gasteiger partial charge in [-0.05, 0) is 43.0 Å². The molecule has 4 rings (SSSR count). The standard InChI is InChI=1S/C21H24N6O6S2/c1-13-9-14(11-15(10-13)25-20-23-6-3-17(26-20)32-2)16-12-24-18(34-16)21(29)4-7-27(8-5-21)35(30,31)33-19(22)28/h3,6,9-12,29H,4-5,7-8H2,1-2H3,(H2,22,28)(H,23,25,26). The van der Waals surface area contributed by atoms with Crippen LogP contribution in [-0.2, 0) is 20.1 Å². The van der Waals surface area contributed by atoms with Crippen molar-refractivity contribution in [3.63, 3.8) is 0 Å². The second-order valence-corrected chi connectivity index (χ2v) is 10.5. The van der Waals surface area contributed by atoms with E-state index in [0.717, 1.165) is 26.0 Å². The lowest BCUT2D eigenvalue weighted by atomic mass is 9.93. The Morgan fingerprint density at radius 3 is 2.69 bits per heavy atom. The van der Waals surface area contributed by atoms with Crippen molar-refractivity contribution in [2.45, 2.75) is 25.4 Å². The molecule has 186 valence electrons. The fourth-order valence-corrected chi connectivity index (χ4v) is 5.71. The van der Waals surface area contributed by atoms with Gasteiger partial charge >= 0.3 is 16.4 Å². The Balaban J connectivity index is 1.51. The molecular formula is C21H24N6O6S2. The first-order valence-electron chi connectivity index (χ1n) is 10.5. The number of anilines is 2. The van der Waals surface area contributed by atoms with Gasteiger partial charge in [0, 0.05) is 37.2 Å². The van der Waals surface area contributed by atoms with Gasteiger partial charge in [-0.2, -0.15) is 17.7 Å². The molecule has 12 nitrogen and oxygen atoms in total. The van der Waals surface area contributed by atoms with Crippen LogP contribution in [0, 0.1) is 6.92 Å². The summed E-state index contributed by atoms with van der Waals surface area (Å²) in [6.45, 7) is 1.88. The van der Waals surface area contributed by atoms with E-state index in [4.69, 9.17) is 10.5 Å². The molecule has 0 atom stereocenters. The number of amides is 1. The Kier molecular flexibility index (Phi) is 6.89. The predicted molar refractivity (Wildman–Crippen MR) is 128 cm³/mol. The van der Waals surface area contributed by atoms with Gasteiger partial charge in [0.1, 0.15) is 10.6 Å². The molecule has 3 heterocycles. The van der Waals surface area contributed by atoms with Gasteiger partial charge in [0.2, 0.25) is 11.8 Å². The van der Waals surface area contributed by atoms with E-state index in [1.54, 1.807) is 18.5 Å². The van der Waals surface area contributed by atoms with Crippen LogP contribution in [0.25, 0.3) is 10.4 Å².